The van der Waals surface area contributed by atoms with Crippen LogP contribution in [0.15, 0.2) is 24.1 Å². The molecule has 1 fully saturated rings. The van der Waals surface area contributed by atoms with Crippen LogP contribution in [-0.2, 0) is 4.74 Å². The van der Waals surface area contributed by atoms with Gasteiger partial charge in [-0.05, 0) is 23.4 Å². The number of aliphatic hydroxyl groups is 1. The number of thiophene rings is 1. The van der Waals surface area contributed by atoms with Gasteiger partial charge in [0.05, 0.1) is 12.7 Å². The van der Waals surface area contributed by atoms with E-state index in [9.17, 15) is 5.11 Å². The van der Waals surface area contributed by atoms with Gasteiger partial charge in [0.25, 0.3) is 0 Å². The van der Waals surface area contributed by atoms with Crippen LogP contribution in [0.1, 0.15) is 11.3 Å². The van der Waals surface area contributed by atoms with E-state index in [-0.39, 0.29) is 12.0 Å². The minimum absolute atomic E-state index is 0.0717. The Morgan fingerprint density at radius 1 is 1.64 bits per heavy atom. The lowest BCUT2D eigenvalue weighted by molar-refractivity contribution is -0.0138. The largest absolute Gasteiger partial charge is 0.392 e. The Morgan fingerprint density at radius 2 is 2.50 bits per heavy atom. The molecule has 1 aromatic rings. The third kappa shape index (κ3) is 1.90. The maximum absolute atomic E-state index is 9.80. The molecule has 0 aliphatic carbocycles. The van der Waals surface area contributed by atoms with E-state index in [1.807, 2.05) is 17.5 Å². The Labute approximate surface area is 87.8 Å². The van der Waals surface area contributed by atoms with Gasteiger partial charge in [0.2, 0.25) is 0 Å². The van der Waals surface area contributed by atoms with Crippen LogP contribution >= 0.6 is 11.3 Å². The summed E-state index contributed by atoms with van der Waals surface area (Å²) in [6.07, 6.45) is 0.424. The number of aliphatic hydroxyl groups excluding tert-OH is 1. The third-order valence-corrected chi connectivity index (χ3v) is 3.55. The molecule has 0 aromatic carbocycles. The SMILES string of the molecule is C=C(c1cccs1)[C@@H]1COCC[C@H]1O. The van der Waals surface area contributed by atoms with Crippen molar-refractivity contribution in [3.05, 3.63) is 29.0 Å². The predicted molar refractivity (Wildman–Crippen MR) is 58.3 cm³/mol. The molecule has 2 rings (SSSR count). The highest BCUT2D eigenvalue weighted by atomic mass is 32.1. The van der Waals surface area contributed by atoms with Crippen molar-refractivity contribution in [3.8, 4) is 0 Å². The molecule has 2 atom stereocenters. The number of hydrogen-bond donors (Lipinski definition) is 1. The van der Waals surface area contributed by atoms with Crippen molar-refractivity contribution in [1.29, 1.82) is 0 Å². The first kappa shape index (κ1) is 9.90. The molecule has 0 bridgehead atoms. The van der Waals surface area contributed by atoms with Crippen molar-refractivity contribution >= 4 is 16.9 Å². The predicted octanol–water partition coefficient (Wildman–Crippen LogP) is 2.16. The summed E-state index contributed by atoms with van der Waals surface area (Å²) in [6.45, 7) is 5.30. The quantitative estimate of drug-likeness (QED) is 0.810. The molecule has 1 saturated heterocycles. The van der Waals surface area contributed by atoms with E-state index in [4.69, 9.17) is 4.74 Å². The van der Waals surface area contributed by atoms with E-state index in [0.29, 0.717) is 13.2 Å². The number of hydrogen-bond acceptors (Lipinski definition) is 3. The van der Waals surface area contributed by atoms with Gasteiger partial charge in [-0.2, -0.15) is 0 Å². The summed E-state index contributed by atoms with van der Waals surface area (Å²) in [6, 6.07) is 4.04. The van der Waals surface area contributed by atoms with Crippen LogP contribution in [0.25, 0.3) is 5.57 Å². The summed E-state index contributed by atoms with van der Waals surface area (Å²) >= 11 is 1.66. The lowest BCUT2D eigenvalue weighted by Gasteiger charge is -2.28. The normalized spacial score (nSPS) is 27.5. The van der Waals surface area contributed by atoms with Crippen molar-refractivity contribution in [3.63, 3.8) is 0 Å². The smallest absolute Gasteiger partial charge is 0.0653 e. The van der Waals surface area contributed by atoms with Crippen LogP contribution in [0.3, 0.4) is 0 Å². The van der Waals surface area contributed by atoms with E-state index in [2.05, 4.69) is 6.58 Å². The topological polar surface area (TPSA) is 29.5 Å². The second kappa shape index (κ2) is 4.26. The number of rotatable bonds is 2. The van der Waals surface area contributed by atoms with Gasteiger partial charge >= 0.3 is 0 Å². The summed E-state index contributed by atoms with van der Waals surface area (Å²) in [5.41, 5.74) is 1.01. The average molecular weight is 210 g/mol. The van der Waals surface area contributed by atoms with Crippen molar-refractivity contribution < 1.29 is 9.84 Å². The Hall–Kier alpha value is -0.640. The first-order valence-electron chi connectivity index (χ1n) is 4.77. The van der Waals surface area contributed by atoms with Gasteiger partial charge < -0.3 is 9.84 Å². The van der Waals surface area contributed by atoms with Crippen LogP contribution in [-0.4, -0.2) is 24.4 Å². The highest BCUT2D eigenvalue weighted by Crippen LogP contribution is 2.31. The fourth-order valence-electron chi connectivity index (χ4n) is 1.70. The molecule has 76 valence electrons. The Morgan fingerprint density at radius 3 is 3.14 bits per heavy atom. The van der Waals surface area contributed by atoms with Crippen LogP contribution in [0, 0.1) is 5.92 Å². The van der Waals surface area contributed by atoms with Gasteiger partial charge in [-0.1, -0.05) is 12.6 Å². The highest BCUT2D eigenvalue weighted by molar-refractivity contribution is 7.11. The van der Waals surface area contributed by atoms with Crippen LogP contribution < -0.4 is 0 Å². The molecule has 0 saturated carbocycles. The first-order valence-corrected chi connectivity index (χ1v) is 5.65. The molecular formula is C11H14O2S. The highest BCUT2D eigenvalue weighted by Gasteiger charge is 2.26. The second-order valence-electron chi connectivity index (χ2n) is 3.54. The van der Waals surface area contributed by atoms with Crippen molar-refractivity contribution in [2.75, 3.05) is 13.2 Å². The van der Waals surface area contributed by atoms with Crippen molar-refractivity contribution in [1.82, 2.24) is 0 Å². The first-order chi connectivity index (χ1) is 6.79. The summed E-state index contributed by atoms with van der Waals surface area (Å²) in [7, 11) is 0. The van der Waals surface area contributed by atoms with Crippen LogP contribution in [0.4, 0.5) is 0 Å². The van der Waals surface area contributed by atoms with E-state index in [1.54, 1.807) is 11.3 Å². The van der Waals surface area contributed by atoms with E-state index < -0.39 is 0 Å². The zero-order valence-electron chi connectivity index (χ0n) is 7.98. The summed E-state index contributed by atoms with van der Waals surface area (Å²) in [4.78, 5) is 1.15. The molecule has 3 heteroatoms. The van der Waals surface area contributed by atoms with Crippen molar-refractivity contribution in [2.24, 2.45) is 5.92 Å². The van der Waals surface area contributed by atoms with Gasteiger partial charge in [-0.3, -0.25) is 0 Å². The summed E-state index contributed by atoms with van der Waals surface area (Å²) in [5.74, 6) is 0.0717. The Bertz CT molecular complexity index is 305. The molecule has 0 amide bonds. The van der Waals surface area contributed by atoms with Crippen LogP contribution in [0.2, 0.25) is 0 Å². The lowest BCUT2D eigenvalue weighted by Crippen LogP contribution is -2.32. The van der Waals surface area contributed by atoms with E-state index in [1.165, 1.54) is 0 Å². The van der Waals surface area contributed by atoms with Gasteiger partial charge in [-0.15, -0.1) is 11.3 Å². The number of ether oxygens (including phenoxy) is 1. The monoisotopic (exact) mass is 210 g/mol. The zero-order chi connectivity index (χ0) is 9.97. The van der Waals surface area contributed by atoms with E-state index in [0.717, 1.165) is 16.9 Å². The van der Waals surface area contributed by atoms with Gasteiger partial charge in [0, 0.05) is 17.4 Å². The Balaban J connectivity index is 2.10. The molecule has 2 nitrogen and oxygen atoms in total. The fourth-order valence-corrected chi connectivity index (χ4v) is 2.47. The van der Waals surface area contributed by atoms with Gasteiger partial charge in [-0.25, -0.2) is 0 Å². The lowest BCUT2D eigenvalue weighted by atomic mass is 9.91. The zero-order valence-corrected chi connectivity index (χ0v) is 8.80. The third-order valence-electron chi connectivity index (χ3n) is 2.61. The van der Waals surface area contributed by atoms with Gasteiger partial charge in [0.15, 0.2) is 0 Å². The maximum atomic E-state index is 9.80. The summed E-state index contributed by atoms with van der Waals surface area (Å²) in [5, 5.41) is 11.8. The molecule has 0 radical (unpaired) electrons. The molecule has 1 N–H and O–H groups in total. The molecule has 1 aliphatic heterocycles. The maximum Gasteiger partial charge on any atom is 0.0653 e. The molecule has 2 heterocycles. The average Bonchev–Trinajstić information content (AvgIpc) is 2.70. The Kier molecular flexibility index (Phi) is 3.01. The molecule has 0 spiro atoms. The summed E-state index contributed by atoms with van der Waals surface area (Å²) < 4.78 is 5.36. The van der Waals surface area contributed by atoms with Gasteiger partial charge in [0.1, 0.15) is 0 Å². The molecule has 0 unspecified atom stereocenters. The minimum Gasteiger partial charge on any atom is -0.392 e. The molecular weight excluding hydrogens is 196 g/mol. The van der Waals surface area contributed by atoms with E-state index >= 15 is 0 Å². The molecule has 14 heavy (non-hydrogen) atoms. The minimum atomic E-state index is -0.293. The second-order valence-corrected chi connectivity index (χ2v) is 4.49. The standard InChI is InChI=1S/C11H14O2S/c1-8(11-3-2-6-14-11)9-7-13-5-4-10(9)12/h2-3,6,9-10,12H,1,4-5,7H2/t9-,10+/m0/s1. The molecule has 1 aromatic heterocycles. The van der Waals surface area contributed by atoms with Crippen LogP contribution in [0.5, 0.6) is 0 Å². The molecule has 1 aliphatic rings. The fraction of sp³-hybridized carbons (Fsp3) is 0.455. The van der Waals surface area contributed by atoms with Crippen molar-refractivity contribution in [2.45, 2.75) is 12.5 Å².